The van der Waals surface area contributed by atoms with Gasteiger partial charge < -0.3 is 10.1 Å². The minimum atomic E-state index is -0.330. The summed E-state index contributed by atoms with van der Waals surface area (Å²) in [7, 11) is 0. The standard InChI is InChI=1S/C16H15ClN2O3/c1-2-14(20)11-3-6-13(7-4-11)22-10-16(21)19-15-8-5-12(17)9-18-15/h3-9H,2,10H2,1H3,(H,18,19,21). The Kier molecular flexibility index (Phi) is 5.49. The maximum absolute atomic E-state index is 11.7. The number of aromatic nitrogens is 1. The van der Waals surface area contributed by atoms with Gasteiger partial charge in [-0.05, 0) is 36.4 Å². The summed E-state index contributed by atoms with van der Waals surface area (Å²) in [5, 5.41) is 3.09. The maximum atomic E-state index is 11.7. The third-order valence-electron chi connectivity index (χ3n) is 2.86. The Balaban J connectivity index is 1.85. The first kappa shape index (κ1) is 16.0. The lowest BCUT2D eigenvalue weighted by molar-refractivity contribution is -0.118. The molecule has 114 valence electrons. The number of pyridine rings is 1. The molecule has 0 fully saturated rings. The van der Waals surface area contributed by atoms with Gasteiger partial charge in [0.1, 0.15) is 11.6 Å². The molecule has 1 N–H and O–H groups in total. The van der Waals surface area contributed by atoms with Crippen molar-refractivity contribution in [1.29, 1.82) is 0 Å². The zero-order valence-corrected chi connectivity index (χ0v) is 12.8. The quantitative estimate of drug-likeness (QED) is 0.829. The highest BCUT2D eigenvalue weighted by Gasteiger charge is 2.06. The predicted octanol–water partition coefficient (Wildman–Crippen LogP) is 3.35. The van der Waals surface area contributed by atoms with Crippen LogP contribution in [0.1, 0.15) is 23.7 Å². The second-order valence-electron chi connectivity index (χ2n) is 4.50. The van der Waals surface area contributed by atoms with Gasteiger partial charge in [0, 0.05) is 18.2 Å². The largest absolute Gasteiger partial charge is 0.484 e. The van der Waals surface area contributed by atoms with Crippen molar-refractivity contribution in [2.45, 2.75) is 13.3 Å². The number of hydrogen-bond acceptors (Lipinski definition) is 4. The van der Waals surface area contributed by atoms with E-state index < -0.39 is 0 Å². The Hall–Kier alpha value is -2.40. The molecule has 0 aliphatic carbocycles. The summed E-state index contributed by atoms with van der Waals surface area (Å²) in [5.74, 6) is 0.662. The van der Waals surface area contributed by atoms with E-state index >= 15 is 0 Å². The number of carbonyl (C=O) groups is 2. The van der Waals surface area contributed by atoms with Gasteiger partial charge >= 0.3 is 0 Å². The van der Waals surface area contributed by atoms with Crippen molar-refractivity contribution in [3.63, 3.8) is 0 Å². The molecule has 0 aliphatic heterocycles. The Morgan fingerprint density at radius 3 is 2.50 bits per heavy atom. The molecule has 2 aromatic rings. The van der Waals surface area contributed by atoms with Crippen molar-refractivity contribution in [3.05, 3.63) is 53.2 Å². The highest BCUT2D eigenvalue weighted by atomic mass is 35.5. The molecule has 0 radical (unpaired) electrons. The lowest BCUT2D eigenvalue weighted by Gasteiger charge is -2.07. The minimum Gasteiger partial charge on any atom is -0.484 e. The van der Waals surface area contributed by atoms with Crippen molar-refractivity contribution >= 4 is 29.1 Å². The highest BCUT2D eigenvalue weighted by Crippen LogP contribution is 2.14. The fourth-order valence-electron chi connectivity index (χ4n) is 1.72. The molecule has 6 heteroatoms. The van der Waals surface area contributed by atoms with Crippen LogP contribution in [0.4, 0.5) is 5.82 Å². The number of nitrogens with one attached hydrogen (secondary N) is 1. The van der Waals surface area contributed by atoms with Crippen LogP contribution in [0.15, 0.2) is 42.6 Å². The number of amides is 1. The first-order chi connectivity index (χ1) is 10.6. The number of benzene rings is 1. The van der Waals surface area contributed by atoms with Gasteiger partial charge in [-0.3, -0.25) is 9.59 Å². The molecule has 0 aliphatic rings. The van der Waals surface area contributed by atoms with Crippen LogP contribution in [0.3, 0.4) is 0 Å². The van der Waals surface area contributed by atoms with Crippen LogP contribution >= 0.6 is 11.6 Å². The number of ketones is 1. The monoisotopic (exact) mass is 318 g/mol. The second-order valence-corrected chi connectivity index (χ2v) is 4.94. The second kappa shape index (κ2) is 7.56. The Bertz CT molecular complexity index is 654. The molecular weight excluding hydrogens is 304 g/mol. The number of Topliss-reactive ketones (excluding diaryl/α,β-unsaturated/α-hetero) is 1. The lowest BCUT2D eigenvalue weighted by Crippen LogP contribution is -2.20. The number of carbonyl (C=O) groups excluding carboxylic acids is 2. The van der Waals surface area contributed by atoms with E-state index in [1.54, 1.807) is 36.4 Å². The Morgan fingerprint density at radius 2 is 1.91 bits per heavy atom. The van der Waals surface area contributed by atoms with Crippen molar-refractivity contribution < 1.29 is 14.3 Å². The summed E-state index contributed by atoms with van der Waals surface area (Å²) < 4.78 is 5.35. The molecule has 22 heavy (non-hydrogen) atoms. The normalized spacial score (nSPS) is 10.1. The molecule has 1 heterocycles. The average Bonchev–Trinajstić information content (AvgIpc) is 2.55. The van der Waals surface area contributed by atoms with Crippen LogP contribution in [-0.4, -0.2) is 23.3 Å². The molecule has 0 bridgehead atoms. The van der Waals surface area contributed by atoms with E-state index in [9.17, 15) is 9.59 Å². The molecule has 0 saturated heterocycles. The van der Waals surface area contributed by atoms with E-state index in [1.807, 2.05) is 6.92 Å². The molecular formula is C16H15ClN2O3. The summed E-state index contributed by atoms with van der Waals surface area (Å²) >= 11 is 5.71. The van der Waals surface area contributed by atoms with Gasteiger partial charge in [0.25, 0.3) is 5.91 Å². The summed E-state index contributed by atoms with van der Waals surface area (Å²) in [4.78, 5) is 27.2. The zero-order valence-electron chi connectivity index (χ0n) is 12.0. The van der Waals surface area contributed by atoms with E-state index in [4.69, 9.17) is 16.3 Å². The van der Waals surface area contributed by atoms with E-state index in [0.717, 1.165) is 0 Å². The van der Waals surface area contributed by atoms with E-state index in [-0.39, 0.29) is 18.3 Å². The van der Waals surface area contributed by atoms with Gasteiger partial charge in [-0.25, -0.2) is 4.98 Å². The van der Waals surface area contributed by atoms with E-state index in [2.05, 4.69) is 10.3 Å². The number of nitrogens with zero attached hydrogens (tertiary/aromatic N) is 1. The molecule has 1 aromatic carbocycles. The van der Waals surface area contributed by atoms with Crippen molar-refractivity contribution in [2.75, 3.05) is 11.9 Å². The smallest absolute Gasteiger partial charge is 0.263 e. The molecule has 2 rings (SSSR count). The number of anilines is 1. The van der Waals surface area contributed by atoms with Gasteiger partial charge in [0.15, 0.2) is 12.4 Å². The van der Waals surface area contributed by atoms with Crippen molar-refractivity contribution in [2.24, 2.45) is 0 Å². The van der Waals surface area contributed by atoms with Crippen LogP contribution < -0.4 is 10.1 Å². The first-order valence-electron chi connectivity index (χ1n) is 6.76. The minimum absolute atomic E-state index is 0.0677. The van der Waals surface area contributed by atoms with Crippen LogP contribution in [0.25, 0.3) is 0 Å². The third-order valence-corrected chi connectivity index (χ3v) is 3.09. The molecule has 1 amide bonds. The molecule has 0 atom stereocenters. The number of ether oxygens (including phenoxy) is 1. The SMILES string of the molecule is CCC(=O)c1ccc(OCC(=O)Nc2ccc(Cl)cn2)cc1. The molecule has 0 unspecified atom stereocenters. The average molecular weight is 319 g/mol. The predicted molar refractivity (Wildman–Crippen MR) is 84.4 cm³/mol. The first-order valence-corrected chi connectivity index (χ1v) is 7.13. The summed E-state index contributed by atoms with van der Waals surface area (Å²) in [5.41, 5.74) is 0.629. The maximum Gasteiger partial charge on any atom is 0.263 e. The van der Waals surface area contributed by atoms with Gasteiger partial charge in [0.05, 0.1) is 5.02 Å². The van der Waals surface area contributed by atoms with Gasteiger partial charge in [-0.1, -0.05) is 18.5 Å². The van der Waals surface area contributed by atoms with Gasteiger partial charge in [0.2, 0.25) is 0 Å². The summed E-state index contributed by atoms with van der Waals surface area (Å²) in [6, 6.07) is 9.92. The molecule has 1 aromatic heterocycles. The van der Waals surface area contributed by atoms with Gasteiger partial charge in [-0.2, -0.15) is 0 Å². The third kappa shape index (κ3) is 4.56. The summed E-state index contributed by atoms with van der Waals surface area (Å²) in [6.45, 7) is 1.66. The Morgan fingerprint density at radius 1 is 1.18 bits per heavy atom. The van der Waals surface area contributed by atoms with E-state index in [1.165, 1.54) is 6.20 Å². The molecule has 0 spiro atoms. The fourth-order valence-corrected chi connectivity index (χ4v) is 1.83. The van der Waals surface area contributed by atoms with Gasteiger partial charge in [-0.15, -0.1) is 0 Å². The van der Waals surface area contributed by atoms with Crippen LogP contribution in [0.2, 0.25) is 5.02 Å². The van der Waals surface area contributed by atoms with Crippen LogP contribution in [0.5, 0.6) is 5.75 Å². The van der Waals surface area contributed by atoms with E-state index in [0.29, 0.717) is 28.6 Å². The molecule has 5 nitrogen and oxygen atoms in total. The molecule has 0 saturated carbocycles. The number of rotatable bonds is 6. The Labute approximate surface area is 133 Å². The van der Waals surface area contributed by atoms with Crippen LogP contribution in [-0.2, 0) is 4.79 Å². The highest BCUT2D eigenvalue weighted by molar-refractivity contribution is 6.30. The van der Waals surface area contributed by atoms with Crippen molar-refractivity contribution in [3.8, 4) is 5.75 Å². The van der Waals surface area contributed by atoms with Crippen molar-refractivity contribution in [1.82, 2.24) is 4.98 Å². The fraction of sp³-hybridized carbons (Fsp3) is 0.188. The number of halogens is 1. The topological polar surface area (TPSA) is 68.3 Å². The zero-order chi connectivity index (χ0) is 15.9. The lowest BCUT2D eigenvalue weighted by atomic mass is 10.1. The summed E-state index contributed by atoms with van der Waals surface area (Å²) in [6.07, 6.45) is 1.90. The van der Waals surface area contributed by atoms with Crippen LogP contribution in [0, 0.1) is 0 Å². The number of hydrogen-bond donors (Lipinski definition) is 1.